The van der Waals surface area contributed by atoms with E-state index in [9.17, 15) is 4.79 Å². The van der Waals surface area contributed by atoms with Crippen molar-refractivity contribution in [3.8, 4) is 0 Å². The zero-order valence-corrected chi connectivity index (χ0v) is 13.0. The number of rotatable bonds is 4. The number of pyridine rings is 2. The van der Waals surface area contributed by atoms with Crippen molar-refractivity contribution in [3.63, 3.8) is 0 Å². The predicted molar refractivity (Wildman–Crippen MR) is 87.9 cm³/mol. The van der Waals surface area contributed by atoms with E-state index < -0.39 is 5.91 Å². The summed E-state index contributed by atoms with van der Waals surface area (Å²) in [5.74, 6) is 0.254. The molecule has 0 aromatic carbocycles. The number of nitrogens with zero attached hydrogens (tertiary/aromatic N) is 4. The molecule has 0 spiro atoms. The molecule has 1 aliphatic heterocycles. The van der Waals surface area contributed by atoms with E-state index in [1.807, 2.05) is 18.5 Å². The summed E-state index contributed by atoms with van der Waals surface area (Å²) in [6.45, 7) is 4.72. The van der Waals surface area contributed by atoms with Crippen LogP contribution in [0.5, 0.6) is 0 Å². The topological polar surface area (TPSA) is 75.4 Å². The molecule has 3 heterocycles. The Morgan fingerprint density at radius 3 is 2.78 bits per heavy atom. The molecule has 0 saturated carbocycles. The molecule has 119 valence electrons. The van der Waals surface area contributed by atoms with Gasteiger partial charge in [-0.1, -0.05) is 0 Å². The minimum atomic E-state index is -0.541. The highest BCUT2D eigenvalue weighted by atomic mass is 16.1. The van der Waals surface area contributed by atoms with E-state index in [-0.39, 0.29) is 5.69 Å². The van der Waals surface area contributed by atoms with Crippen LogP contribution in [0.2, 0.25) is 0 Å². The van der Waals surface area contributed by atoms with Crippen LogP contribution in [0.4, 0.5) is 5.82 Å². The largest absolute Gasteiger partial charge is 0.364 e. The van der Waals surface area contributed by atoms with Crippen molar-refractivity contribution in [2.45, 2.75) is 13.0 Å². The van der Waals surface area contributed by atoms with Crippen LogP contribution in [0.3, 0.4) is 0 Å². The van der Waals surface area contributed by atoms with Crippen molar-refractivity contribution in [2.24, 2.45) is 5.73 Å². The third-order valence-electron chi connectivity index (χ3n) is 3.98. The molecule has 0 unspecified atom stereocenters. The highest BCUT2D eigenvalue weighted by Crippen LogP contribution is 2.15. The maximum Gasteiger partial charge on any atom is 0.268 e. The summed E-state index contributed by atoms with van der Waals surface area (Å²) >= 11 is 0. The molecule has 2 aromatic rings. The fourth-order valence-electron chi connectivity index (χ4n) is 2.79. The number of nitrogens with two attached hydrogens (primary N) is 1. The number of carbonyl (C=O) groups excluding carboxylic acids is 1. The van der Waals surface area contributed by atoms with Crippen LogP contribution in [0.15, 0.2) is 36.7 Å². The van der Waals surface area contributed by atoms with Crippen molar-refractivity contribution in [3.05, 3.63) is 54.0 Å². The zero-order chi connectivity index (χ0) is 16.1. The molecule has 0 aliphatic carbocycles. The van der Waals surface area contributed by atoms with E-state index in [1.54, 1.807) is 6.07 Å². The van der Waals surface area contributed by atoms with Crippen LogP contribution < -0.4 is 10.6 Å². The first kappa shape index (κ1) is 15.4. The van der Waals surface area contributed by atoms with Crippen molar-refractivity contribution >= 4 is 11.7 Å². The number of hydrogen-bond donors (Lipinski definition) is 1. The second kappa shape index (κ2) is 7.19. The number of hydrogen-bond acceptors (Lipinski definition) is 5. The summed E-state index contributed by atoms with van der Waals surface area (Å²) < 4.78 is 0. The van der Waals surface area contributed by atoms with Gasteiger partial charge in [0.25, 0.3) is 5.91 Å². The van der Waals surface area contributed by atoms with E-state index in [4.69, 9.17) is 5.73 Å². The maximum absolute atomic E-state index is 11.3. The number of anilines is 1. The van der Waals surface area contributed by atoms with Gasteiger partial charge >= 0.3 is 0 Å². The first-order chi connectivity index (χ1) is 11.2. The van der Waals surface area contributed by atoms with Gasteiger partial charge in [0.05, 0.1) is 0 Å². The number of primary amides is 1. The normalized spacial score (nSPS) is 16.1. The molecule has 2 N–H and O–H groups in total. The van der Waals surface area contributed by atoms with Crippen LogP contribution in [-0.2, 0) is 6.54 Å². The predicted octanol–water partition coefficient (Wildman–Crippen LogP) is 1.09. The Balaban J connectivity index is 1.64. The second-order valence-corrected chi connectivity index (χ2v) is 5.63. The van der Waals surface area contributed by atoms with E-state index in [0.29, 0.717) is 0 Å². The standard InChI is InChI=1S/C17H20N5O/c18-17(23)15-3-1-4-16(20-15)22-10-2-9-21(11-12-22)13-14-5-7-19-8-6-14/h1,4-8H,2,9-13H2,(H2,18,23). The highest BCUT2D eigenvalue weighted by Gasteiger charge is 2.17. The SMILES string of the molecule is NC(=O)c1[c]ccc(N2CCCN(Cc3ccncc3)CC2)n1. The Morgan fingerprint density at radius 2 is 2.00 bits per heavy atom. The summed E-state index contributed by atoms with van der Waals surface area (Å²) in [6.07, 6.45) is 4.71. The zero-order valence-electron chi connectivity index (χ0n) is 13.0. The molecule has 23 heavy (non-hydrogen) atoms. The van der Waals surface area contributed by atoms with Crippen LogP contribution >= 0.6 is 0 Å². The van der Waals surface area contributed by atoms with Gasteiger partial charge < -0.3 is 10.6 Å². The monoisotopic (exact) mass is 310 g/mol. The minimum Gasteiger partial charge on any atom is -0.364 e. The summed E-state index contributed by atoms with van der Waals surface area (Å²) in [5, 5.41) is 0. The van der Waals surface area contributed by atoms with Gasteiger partial charge in [-0.3, -0.25) is 14.7 Å². The van der Waals surface area contributed by atoms with Crippen molar-refractivity contribution < 1.29 is 4.79 Å². The lowest BCUT2D eigenvalue weighted by atomic mass is 10.2. The molecule has 6 heteroatoms. The van der Waals surface area contributed by atoms with Crippen LogP contribution in [-0.4, -0.2) is 47.0 Å². The fraction of sp³-hybridized carbons (Fsp3) is 0.353. The first-order valence-electron chi connectivity index (χ1n) is 7.77. The smallest absolute Gasteiger partial charge is 0.268 e. The lowest BCUT2D eigenvalue weighted by molar-refractivity contribution is 0.0995. The number of amides is 1. The van der Waals surface area contributed by atoms with Crippen LogP contribution in [0.25, 0.3) is 0 Å². The maximum atomic E-state index is 11.3. The number of carbonyl (C=O) groups is 1. The Bertz CT molecular complexity index is 661. The quantitative estimate of drug-likeness (QED) is 0.915. The average Bonchev–Trinajstić information content (AvgIpc) is 2.81. The third kappa shape index (κ3) is 4.04. The summed E-state index contributed by atoms with van der Waals surface area (Å²) in [5.41, 5.74) is 6.76. The Kier molecular flexibility index (Phi) is 4.83. The molecule has 1 aliphatic rings. The molecule has 1 amide bonds. The van der Waals surface area contributed by atoms with Gasteiger partial charge in [0.1, 0.15) is 11.5 Å². The van der Waals surface area contributed by atoms with Gasteiger partial charge in [-0.25, -0.2) is 4.98 Å². The van der Waals surface area contributed by atoms with Gasteiger partial charge in [0.2, 0.25) is 0 Å². The molecular weight excluding hydrogens is 290 g/mol. The highest BCUT2D eigenvalue weighted by molar-refractivity contribution is 5.90. The Morgan fingerprint density at radius 1 is 1.17 bits per heavy atom. The Hall–Kier alpha value is -2.47. The van der Waals surface area contributed by atoms with E-state index >= 15 is 0 Å². The van der Waals surface area contributed by atoms with Crippen LogP contribution in [0, 0.1) is 6.07 Å². The molecule has 1 saturated heterocycles. The molecule has 1 fully saturated rings. The second-order valence-electron chi connectivity index (χ2n) is 5.63. The lowest BCUT2D eigenvalue weighted by Crippen LogP contribution is -2.31. The molecular formula is C17H20N5O. The minimum absolute atomic E-state index is 0.195. The summed E-state index contributed by atoms with van der Waals surface area (Å²) in [6, 6.07) is 10.5. The molecule has 2 aromatic heterocycles. The molecule has 1 radical (unpaired) electrons. The molecule has 3 rings (SSSR count). The van der Waals surface area contributed by atoms with Gasteiger partial charge in [0, 0.05) is 51.2 Å². The van der Waals surface area contributed by atoms with Gasteiger partial charge in [-0.05, 0) is 36.2 Å². The first-order valence-corrected chi connectivity index (χ1v) is 7.77. The van der Waals surface area contributed by atoms with Crippen LogP contribution in [0.1, 0.15) is 22.5 Å². The summed E-state index contributed by atoms with van der Waals surface area (Å²) in [7, 11) is 0. The van der Waals surface area contributed by atoms with E-state index in [0.717, 1.165) is 45.0 Å². The number of aromatic nitrogens is 2. The van der Waals surface area contributed by atoms with E-state index in [2.05, 4.69) is 38.0 Å². The van der Waals surface area contributed by atoms with Gasteiger partial charge in [0.15, 0.2) is 0 Å². The molecule has 0 atom stereocenters. The van der Waals surface area contributed by atoms with E-state index in [1.165, 1.54) is 5.56 Å². The molecule has 6 nitrogen and oxygen atoms in total. The average molecular weight is 310 g/mol. The van der Waals surface area contributed by atoms with Gasteiger partial charge in [-0.15, -0.1) is 0 Å². The van der Waals surface area contributed by atoms with Gasteiger partial charge in [-0.2, -0.15) is 0 Å². The Labute approximate surface area is 135 Å². The fourth-order valence-corrected chi connectivity index (χ4v) is 2.79. The lowest BCUT2D eigenvalue weighted by Gasteiger charge is -2.23. The summed E-state index contributed by atoms with van der Waals surface area (Å²) in [4.78, 5) is 24.3. The van der Waals surface area contributed by atoms with Crippen molar-refractivity contribution in [2.75, 3.05) is 31.1 Å². The third-order valence-corrected chi connectivity index (χ3v) is 3.98. The van der Waals surface area contributed by atoms with Crippen molar-refractivity contribution in [1.29, 1.82) is 0 Å². The molecule has 0 bridgehead atoms. The van der Waals surface area contributed by atoms with Crippen molar-refractivity contribution in [1.82, 2.24) is 14.9 Å².